The first-order valence-corrected chi connectivity index (χ1v) is 10.1. The van der Waals surface area contributed by atoms with Crippen molar-refractivity contribution in [2.24, 2.45) is 5.92 Å². The van der Waals surface area contributed by atoms with E-state index in [-0.39, 0.29) is 11.5 Å². The molecule has 4 heteroatoms. The van der Waals surface area contributed by atoms with Crippen LogP contribution in [0.3, 0.4) is 0 Å². The molecule has 1 saturated heterocycles. The van der Waals surface area contributed by atoms with E-state index in [0.29, 0.717) is 23.9 Å². The number of amides is 1. The third-order valence-electron chi connectivity index (χ3n) is 5.63. The van der Waals surface area contributed by atoms with Gasteiger partial charge in [-0.25, -0.2) is 0 Å². The molecule has 0 aliphatic carbocycles. The molecule has 1 N–H and O–H groups in total. The molecule has 1 fully saturated rings. The molecule has 0 unspecified atom stereocenters. The first-order chi connectivity index (χ1) is 13.5. The SMILES string of the molecule is COc1ccc(C(=O)NCC[C@H](c2ccccc2)[C@H]2CCOC(C)(C)C2)cc1. The van der Waals surface area contributed by atoms with Gasteiger partial charge in [0, 0.05) is 18.7 Å². The number of rotatable bonds is 7. The molecule has 0 aromatic heterocycles. The Kier molecular flexibility index (Phi) is 6.74. The largest absolute Gasteiger partial charge is 0.497 e. The Bertz CT molecular complexity index is 755. The maximum absolute atomic E-state index is 12.5. The zero-order chi connectivity index (χ0) is 20.0. The van der Waals surface area contributed by atoms with Crippen LogP contribution in [-0.4, -0.2) is 31.8 Å². The highest BCUT2D eigenvalue weighted by Crippen LogP contribution is 2.39. The second-order valence-electron chi connectivity index (χ2n) is 8.15. The number of methoxy groups -OCH3 is 1. The number of hydrogen-bond acceptors (Lipinski definition) is 3. The highest BCUT2D eigenvalue weighted by Gasteiger charge is 2.33. The average Bonchev–Trinajstić information content (AvgIpc) is 2.71. The topological polar surface area (TPSA) is 47.6 Å². The fourth-order valence-electron chi connectivity index (χ4n) is 4.18. The number of carbonyl (C=O) groups is 1. The van der Waals surface area contributed by atoms with Crippen molar-refractivity contribution in [1.82, 2.24) is 5.32 Å². The first kappa shape index (κ1) is 20.4. The molecule has 2 aromatic rings. The third-order valence-corrected chi connectivity index (χ3v) is 5.63. The lowest BCUT2D eigenvalue weighted by Crippen LogP contribution is -2.37. The molecule has 0 spiro atoms. The summed E-state index contributed by atoms with van der Waals surface area (Å²) in [5.41, 5.74) is 1.93. The monoisotopic (exact) mass is 381 g/mol. The van der Waals surface area contributed by atoms with Crippen LogP contribution in [0.25, 0.3) is 0 Å². The van der Waals surface area contributed by atoms with Gasteiger partial charge in [-0.3, -0.25) is 4.79 Å². The molecule has 150 valence electrons. The van der Waals surface area contributed by atoms with E-state index in [4.69, 9.17) is 9.47 Å². The summed E-state index contributed by atoms with van der Waals surface area (Å²) in [6, 6.07) is 17.9. The van der Waals surface area contributed by atoms with Crippen LogP contribution in [-0.2, 0) is 4.74 Å². The van der Waals surface area contributed by atoms with Gasteiger partial charge in [0.1, 0.15) is 5.75 Å². The molecule has 28 heavy (non-hydrogen) atoms. The number of benzene rings is 2. The molecular weight excluding hydrogens is 350 g/mol. The average molecular weight is 382 g/mol. The predicted molar refractivity (Wildman–Crippen MR) is 112 cm³/mol. The molecule has 2 atom stereocenters. The standard InChI is InChI=1S/C24H31NO3/c1-24(2)17-20(14-16-28-24)22(18-7-5-4-6-8-18)13-15-25-23(26)19-9-11-21(27-3)12-10-19/h4-12,20,22H,13-17H2,1-3H3,(H,25,26)/t20-,22+/m0/s1. The van der Waals surface area contributed by atoms with Crippen molar-refractivity contribution < 1.29 is 14.3 Å². The highest BCUT2D eigenvalue weighted by molar-refractivity contribution is 5.94. The normalized spacial score (nSPS) is 19.6. The fraction of sp³-hybridized carbons (Fsp3) is 0.458. The van der Waals surface area contributed by atoms with Gasteiger partial charge < -0.3 is 14.8 Å². The quantitative estimate of drug-likeness (QED) is 0.749. The number of ether oxygens (including phenoxy) is 2. The van der Waals surface area contributed by atoms with Gasteiger partial charge in [0.15, 0.2) is 0 Å². The minimum Gasteiger partial charge on any atom is -0.497 e. The van der Waals surface area contributed by atoms with Crippen LogP contribution in [0.4, 0.5) is 0 Å². The van der Waals surface area contributed by atoms with Crippen LogP contribution < -0.4 is 10.1 Å². The Morgan fingerprint density at radius 3 is 2.54 bits per heavy atom. The van der Waals surface area contributed by atoms with Crippen LogP contribution in [0.15, 0.2) is 54.6 Å². The molecule has 1 aliphatic rings. The van der Waals surface area contributed by atoms with Crippen molar-refractivity contribution in [1.29, 1.82) is 0 Å². The van der Waals surface area contributed by atoms with Gasteiger partial charge in [-0.1, -0.05) is 30.3 Å². The maximum atomic E-state index is 12.5. The van der Waals surface area contributed by atoms with Crippen LogP contribution in [0, 0.1) is 5.92 Å². The summed E-state index contributed by atoms with van der Waals surface area (Å²) < 4.78 is 11.1. The summed E-state index contributed by atoms with van der Waals surface area (Å²) in [7, 11) is 1.62. The van der Waals surface area contributed by atoms with Crippen LogP contribution in [0.2, 0.25) is 0 Å². The Morgan fingerprint density at radius 1 is 1.18 bits per heavy atom. The predicted octanol–water partition coefficient (Wildman–Crippen LogP) is 4.80. The van der Waals surface area contributed by atoms with Crippen LogP contribution in [0.1, 0.15) is 54.9 Å². The minimum absolute atomic E-state index is 0.0400. The molecule has 2 aromatic carbocycles. The molecule has 4 nitrogen and oxygen atoms in total. The number of nitrogens with one attached hydrogen (secondary N) is 1. The van der Waals surface area contributed by atoms with E-state index >= 15 is 0 Å². The minimum atomic E-state index is -0.0811. The van der Waals surface area contributed by atoms with E-state index in [1.807, 2.05) is 12.1 Å². The number of hydrogen-bond donors (Lipinski definition) is 1. The summed E-state index contributed by atoms with van der Waals surface area (Å²) in [6.45, 7) is 5.81. The fourth-order valence-corrected chi connectivity index (χ4v) is 4.18. The lowest BCUT2D eigenvalue weighted by molar-refractivity contribution is -0.0771. The van der Waals surface area contributed by atoms with Gasteiger partial charge in [-0.05, 0) is 74.8 Å². The van der Waals surface area contributed by atoms with E-state index in [2.05, 4.69) is 49.5 Å². The van der Waals surface area contributed by atoms with Gasteiger partial charge in [0.2, 0.25) is 0 Å². The molecule has 0 saturated carbocycles. The molecule has 1 heterocycles. The first-order valence-electron chi connectivity index (χ1n) is 10.1. The van der Waals surface area contributed by atoms with Crippen LogP contribution >= 0.6 is 0 Å². The van der Waals surface area contributed by atoms with Crippen molar-refractivity contribution in [2.45, 2.75) is 44.6 Å². The molecule has 1 aliphatic heterocycles. The summed E-state index contributed by atoms with van der Waals surface area (Å²) >= 11 is 0. The summed E-state index contributed by atoms with van der Waals surface area (Å²) in [5, 5.41) is 3.09. The summed E-state index contributed by atoms with van der Waals surface area (Å²) in [5.74, 6) is 1.69. The second kappa shape index (κ2) is 9.24. The van der Waals surface area contributed by atoms with E-state index in [1.54, 1.807) is 19.2 Å². The van der Waals surface area contributed by atoms with Crippen molar-refractivity contribution in [3.8, 4) is 5.75 Å². The Labute approximate surface area is 168 Å². The van der Waals surface area contributed by atoms with Crippen molar-refractivity contribution in [2.75, 3.05) is 20.3 Å². The molecule has 1 amide bonds. The lowest BCUT2D eigenvalue weighted by atomic mass is 9.75. The van der Waals surface area contributed by atoms with Gasteiger partial charge in [-0.2, -0.15) is 0 Å². The highest BCUT2D eigenvalue weighted by atomic mass is 16.5. The van der Waals surface area contributed by atoms with Gasteiger partial charge in [0.25, 0.3) is 5.91 Å². The Morgan fingerprint density at radius 2 is 1.89 bits per heavy atom. The maximum Gasteiger partial charge on any atom is 0.251 e. The van der Waals surface area contributed by atoms with Crippen LogP contribution in [0.5, 0.6) is 5.75 Å². The zero-order valence-corrected chi connectivity index (χ0v) is 17.1. The smallest absolute Gasteiger partial charge is 0.251 e. The van der Waals surface area contributed by atoms with Gasteiger partial charge in [0.05, 0.1) is 12.7 Å². The molecule has 3 rings (SSSR count). The van der Waals surface area contributed by atoms with Gasteiger partial charge >= 0.3 is 0 Å². The van der Waals surface area contributed by atoms with Crippen molar-refractivity contribution in [3.05, 3.63) is 65.7 Å². The Balaban J connectivity index is 1.63. The molecule has 0 radical (unpaired) electrons. The van der Waals surface area contributed by atoms with Crippen molar-refractivity contribution >= 4 is 5.91 Å². The molecule has 0 bridgehead atoms. The summed E-state index contributed by atoms with van der Waals surface area (Å²) in [6.07, 6.45) is 3.03. The van der Waals surface area contributed by atoms with E-state index in [0.717, 1.165) is 31.6 Å². The third kappa shape index (κ3) is 5.35. The number of carbonyl (C=O) groups excluding carboxylic acids is 1. The van der Waals surface area contributed by atoms with E-state index in [9.17, 15) is 4.79 Å². The van der Waals surface area contributed by atoms with Crippen molar-refractivity contribution in [3.63, 3.8) is 0 Å². The van der Waals surface area contributed by atoms with E-state index in [1.165, 1.54) is 5.56 Å². The van der Waals surface area contributed by atoms with Gasteiger partial charge in [-0.15, -0.1) is 0 Å². The summed E-state index contributed by atoms with van der Waals surface area (Å²) in [4.78, 5) is 12.5. The van der Waals surface area contributed by atoms with E-state index < -0.39 is 0 Å². The molecular formula is C24H31NO3. The Hall–Kier alpha value is -2.33. The lowest BCUT2D eigenvalue weighted by Gasteiger charge is -2.39. The second-order valence-corrected chi connectivity index (χ2v) is 8.15. The zero-order valence-electron chi connectivity index (χ0n) is 17.1.